The van der Waals surface area contributed by atoms with Crippen molar-refractivity contribution in [2.24, 2.45) is 5.92 Å². The highest BCUT2D eigenvalue weighted by molar-refractivity contribution is 9.10. The van der Waals surface area contributed by atoms with Crippen molar-refractivity contribution in [3.8, 4) is 11.5 Å². The Morgan fingerprint density at radius 2 is 1.79 bits per heavy atom. The minimum Gasteiger partial charge on any atom is -0.486 e. The lowest BCUT2D eigenvalue weighted by Crippen LogP contribution is -2.42. The Hall–Kier alpha value is -2.12. The molecule has 1 aliphatic rings. The van der Waals surface area contributed by atoms with E-state index in [0.717, 1.165) is 11.3 Å². The van der Waals surface area contributed by atoms with E-state index >= 15 is 0 Å². The molecule has 0 saturated carbocycles. The molecule has 150 valence electrons. The molecule has 1 heterocycles. The molecule has 1 amide bonds. The van der Waals surface area contributed by atoms with Gasteiger partial charge in [0, 0.05) is 10.5 Å². The second-order valence-electron chi connectivity index (χ2n) is 7.13. The van der Waals surface area contributed by atoms with Crippen LogP contribution in [0.1, 0.15) is 32.4 Å². The molecule has 0 unspecified atom stereocenters. The summed E-state index contributed by atoms with van der Waals surface area (Å²) in [6.07, 6.45) is 0. The first-order valence-electron chi connectivity index (χ1n) is 9.26. The molecule has 0 spiro atoms. The standard InChI is InChI=1S/C21H24BrFN2O3/c1-12(2)20(14-4-7-18-19(10-14)28-9-8-27-18)24-13(3)21(26)25-17-6-5-15(22)11-16(17)23/h4-7,10-13,20,24H,8-9H2,1-3H3,(H,25,26)/t13-,20+/m0/s1. The molecule has 1 aliphatic heterocycles. The highest BCUT2D eigenvalue weighted by atomic mass is 79.9. The number of carbonyl (C=O) groups is 1. The number of amides is 1. The monoisotopic (exact) mass is 450 g/mol. The summed E-state index contributed by atoms with van der Waals surface area (Å²) in [7, 11) is 0. The van der Waals surface area contributed by atoms with Crippen molar-refractivity contribution >= 4 is 27.5 Å². The smallest absolute Gasteiger partial charge is 0.241 e. The van der Waals surface area contributed by atoms with Crippen molar-refractivity contribution in [2.45, 2.75) is 32.9 Å². The van der Waals surface area contributed by atoms with E-state index in [9.17, 15) is 9.18 Å². The van der Waals surface area contributed by atoms with E-state index in [1.165, 1.54) is 12.1 Å². The topological polar surface area (TPSA) is 59.6 Å². The number of ether oxygens (including phenoxy) is 2. The molecule has 2 aromatic carbocycles. The van der Waals surface area contributed by atoms with E-state index in [1.54, 1.807) is 13.0 Å². The first-order chi connectivity index (χ1) is 13.3. The van der Waals surface area contributed by atoms with Crippen LogP contribution in [-0.2, 0) is 4.79 Å². The van der Waals surface area contributed by atoms with Crippen LogP contribution in [0.5, 0.6) is 11.5 Å². The zero-order valence-electron chi connectivity index (χ0n) is 16.1. The Labute approximate surface area is 172 Å². The van der Waals surface area contributed by atoms with Gasteiger partial charge in [0.2, 0.25) is 5.91 Å². The Balaban J connectivity index is 1.72. The van der Waals surface area contributed by atoms with Crippen molar-refractivity contribution < 1.29 is 18.7 Å². The second-order valence-corrected chi connectivity index (χ2v) is 8.04. The van der Waals surface area contributed by atoms with Crippen molar-refractivity contribution in [3.05, 3.63) is 52.3 Å². The predicted molar refractivity (Wildman–Crippen MR) is 110 cm³/mol. The van der Waals surface area contributed by atoms with Crippen LogP contribution in [0.3, 0.4) is 0 Å². The highest BCUT2D eigenvalue weighted by Crippen LogP contribution is 2.34. The van der Waals surface area contributed by atoms with Gasteiger partial charge in [0.1, 0.15) is 19.0 Å². The van der Waals surface area contributed by atoms with Gasteiger partial charge in [-0.2, -0.15) is 0 Å². The maximum Gasteiger partial charge on any atom is 0.241 e. The highest BCUT2D eigenvalue weighted by Gasteiger charge is 2.24. The van der Waals surface area contributed by atoms with Crippen LogP contribution in [0.15, 0.2) is 40.9 Å². The molecule has 2 N–H and O–H groups in total. The molecule has 0 fully saturated rings. The number of hydrogen-bond donors (Lipinski definition) is 2. The van der Waals surface area contributed by atoms with Gasteiger partial charge in [0.15, 0.2) is 11.5 Å². The summed E-state index contributed by atoms with van der Waals surface area (Å²) in [5, 5.41) is 5.99. The van der Waals surface area contributed by atoms with Crippen molar-refractivity contribution in [1.29, 1.82) is 0 Å². The SMILES string of the molecule is CC(C)[C@@H](N[C@@H](C)C(=O)Nc1ccc(Br)cc1F)c1ccc2c(c1)OCCO2. The molecule has 0 radical (unpaired) electrons. The minimum atomic E-state index is -0.524. The molecule has 28 heavy (non-hydrogen) atoms. The Bertz CT molecular complexity index is 860. The Morgan fingerprint density at radius 3 is 2.46 bits per heavy atom. The van der Waals surface area contributed by atoms with Gasteiger partial charge in [-0.05, 0) is 48.7 Å². The fourth-order valence-corrected chi connectivity index (χ4v) is 3.44. The summed E-state index contributed by atoms with van der Waals surface area (Å²) in [5.74, 6) is 0.882. The minimum absolute atomic E-state index is 0.0775. The zero-order valence-corrected chi connectivity index (χ0v) is 17.7. The van der Waals surface area contributed by atoms with Crippen molar-refractivity contribution in [1.82, 2.24) is 5.32 Å². The molecule has 2 aromatic rings. The number of anilines is 1. The lowest BCUT2D eigenvalue weighted by Gasteiger charge is -2.28. The third kappa shape index (κ3) is 4.83. The van der Waals surface area contributed by atoms with Gasteiger partial charge in [-0.15, -0.1) is 0 Å². The molecular formula is C21H24BrFN2O3. The van der Waals surface area contributed by atoms with Gasteiger partial charge in [-0.25, -0.2) is 4.39 Å². The van der Waals surface area contributed by atoms with E-state index in [4.69, 9.17) is 9.47 Å². The van der Waals surface area contributed by atoms with Crippen LogP contribution in [0, 0.1) is 11.7 Å². The second kappa shape index (κ2) is 8.92. The summed E-state index contributed by atoms with van der Waals surface area (Å²) < 4.78 is 25.9. The van der Waals surface area contributed by atoms with Gasteiger partial charge in [-0.3, -0.25) is 10.1 Å². The van der Waals surface area contributed by atoms with E-state index in [2.05, 4.69) is 40.4 Å². The van der Waals surface area contributed by atoms with Gasteiger partial charge in [0.05, 0.1) is 11.7 Å². The number of rotatable bonds is 6. The van der Waals surface area contributed by atoms with E-state index in [-0.39, 0.29) is 23.6 Å². The molecule has 3 rings (SSSR count). The van der Waals surface area contributed by atoms with Crippen LogP contribution >= 0.6 is 15.9 Å². The molecule has 2 atom stereocenters. The lowest BCUT2D eigenvalue weighted by molar-refractivity contribution is -0.118. The first-order valence-corrected chi connectivity index (χ1v) is 10.1. The van der Waals surface area contributed by atoms with E-state index < -0.39 is 11.9 Å². The van der Waals surface area contributed by atoms with Crippen LogP contribution in [0.25, 0.3) is 0 Å². The van der Waals surface area contributed by atoms with E-state index in [0.29, 0.717) is 23.4 Å². The third-order valence-corrected chi connectivity index (χ3v) is 5.10. The third-order valence-electron chi connectivity index (χ3n) is 4.60. The van der Waals surface area contributed by atoms with Crippen molar-refractivity contribution in [3.63, 3.8) is 0 Å². The summed E-state index contributed by atoms with van der Waals surface area (Å²) in [5.41, 5.74) is 1.16. The maximum atomic E-state index is 14.0. The zero-order chi connectivity index (χ0) is 20.3. The van der Waals surface area contributed by atoms with Crippen LogP contribution < -0.4 is 20.1 Å². The average Bonchev–Trinajstić information content (AvgIpc) is 2.67. The fraction of sp³-hybridized carbons (Fsp3) is 0.381. The van der Waals surface area contributed by atoms with E-state index in [1.807, 2.05) is 18.2 Å². The summed E-state index contributed by atoms with van der Waals surface area (Å²) in [6, 6.07) is 9.75. The van der Waals surface area contributed by atoms with Crippen LogP contribution in [0.2, 0.25) is 0 Å². The number of benzene rings is 2. The molecule has 0 bridgehead atoms. The van der Waals surface area contributed by atoms with Gasteiger partial charge in [-0.1, -0.05) is 35.8 Å². The number of carbonyl (C=O) groups excluding carboxylic acids is 1. The molecular weight excluding hydrogens is 427 g/mol. The quantitative estimate of drug-likeness (QED) is 0.670. The van der Waals surface area contributed by atoms with Crippen molar-refractivity contribution in [2.75, 3.05) is 18.5 Å². The first kappa shape index (κ1) is 20.6. The molecule has 0 aromatic heterocycles. The Kier molecular flexibility index (Phi) is 6.57. The summed E-state index contributed by atoms with van der Waals surface area (Å²) in [4.78, 5) is 12.6. The summed E-state index contributed by atoms with van der Waals surface area (Å²) in [6.45, 7) is 6.98. The van der Waals surface area contributed by atoms with Crippen LogP contribution in [0.4, 0.5) is 10.1 Å². The average molecular weight is 451 g/mol. The van der Waals surface area contributed by atoms with Crippen LogP contribution in [-0.4, -0.2) is 25.2 Å². The number of fused-ring (bicyclic) bond motifs is 1. The largest absolute Gasteiger partial charge is 0.486 e. The number of nitrogens with one attached hydrogen (secondary N) is 2. The maximum absolute atomic E-state index is 14.0. The molecule has 5 nitrogen and oxygen atoms in total. The fourth-order valence-electron chi connectivity index (χ4n) is 3.10. The predicted octanol–water partition coefficient (Wildman–Crippen LogP) is 4.67. The number of halogens is 2. The lowest BCUT2D eigenvalue weighted by atomic mass is 9.94. The van der Waals surface area contributed by atoms with Gasteiger partial charge in [0.25, 0.3) is 0 Å². The molecule has 0 saturated heterocycles. The normalized spacial score (nSPS) is 15.2. The van der Waals surface area contributed by atoms with Gasteiger partial charge >= 0.3 is 0 Å². The molecule has 7 heteroatoms. The van der Waals surface area contributed by atoms with Gasteiger partial charge < -0.3 is 14.8 Å². The molecule has 0 aliphatic carbocycles. The number of hydrogen-bond acceptors (Lipinski definition) is 4. The summed E-state index contributed by atoms with van der Waals surface area (Å²) >= 11 is 3.21. The Morgan fingerprint density at radius 1 is 1.07 bits per heavy atom.